The maximum absolute atomic E-state index is 12.1. The smallest absolute Gasteiger partial charge is 0.315 e. The highest BCUT2D eigenvalue weighted by Crippen LogP contribution is 2.22. The summed E-state index contributed by atoms with van der Waals surface area (Å²) in [7, 11) is 0. The SMILES string of the molecule is C=CC=C(C)CNC(=O)NC1CCC(NCc2ccccc2C(C=C)=CC)CC1. The number of allylic oxidation sites excluding steroid dienone is 5. The van der Waals surface area contributed by atoms with Gasteiger partial charge in [0.2, 0.25) is 0 Å². The molecule has 2 rings (SSSR count). The molecule has 156 valence electrons. The quantitative estimate of drug-likeness (QED) is 0.511. The number of amides is 2. The lowest BCUT2D eigenvalue weighted by Crippen LogP contribution is -2.46. The number of carbonyl (C=O) groups is 1. The molecule has 1 aromatic carbocycles. The second-order valence-electron chi connectivity index (χ2n) is 7.61. The second kappa shape index (κ2) is 12.1. The number of rotatable bonds is 9. The Morgan fingerprint density at radius 3 is 2.48 bits per heavy atom. The topological polar surface area (TPSA) is 53.2 Å². The van der Waals surface area contributed by atoms with E-state index in [-0.39, 0.29) is 12.1 Å². The summed E-state index contributed by atoms with van der Waals surface area (Å²) in [5.41, 5.74) is 4.79. The highest BCUT2D eigenvalue weighted by molar-refractivity contribution is 5.75. The van der Waals surface area contributed by atoms with Crippen molar-refractivity contribution < 1.29 is 4.79 Å². The van der Waals surface area contributed by atoms with Crippen LogP contribution >= 0.6 is 0 Å². The Labute approximate surface area is 175 Å². The van der Waals surface area contributed by atoms with Gasteiger partial charge in [0.25, 0.3) is 0 Å². The van der Waals surface area contributed by atoms with Gasteiger partial charge in [-0.3, -0.25) is 0 Å². The molecule has 4 heteroatoms. The summed E-state index contributed by atoms with van der Waals surface area (Å²) in [4.78, 5) is 12.1. The first kappa shape index (κ1) is 22.7. The predicted octanol–water partition coefficient (Wildman–Crippen LogP) is 5.11. The van der Waals surface area contributed by atoms with E-state index in [2.05, 4.69) is 59.4 Å². The second-order valence-corrected chi connectivity index (χ2v) is 7.61. The molecule has 0 heterocycles. The lowest BCUT2D eigenvalue weighted by molar-refractivity contribution is 0.230. The lowest BCUT2D eigenvalue weighted by atomic mass is 9.91. The third-order valence-corrected chi connectivity index (χ3v) is 5.43. The largest absolute Gasteiger partial charge is 0.335 e. The summed E-state index contributed by atoms with van der Waals surface area (Å²) in [5, 5.41) is 9.71. The van der Waals surface area contributed by atoms with Crippen LogP contribution in [0.3, 0.4) is 0 Å². The fourth-order valence-electron chi connectivity index (χ4n) is 3.75. The first-order chi connectivity index (χ1) is 14.1. The zero-order chi connectivity index (χ0) is 21.1. The van der Waals surface area contributed by atoms with E-state index in [0.717, 1.165) is 37.8 Å². The van der Waals surface area contributed by atoms with Crippen molar-refractivity contribution in [1.82, 2.24) is 16.0 Å². The van der Waals surface area contributed by atoms with Crippen LogP contribution in [0.25, 0.3) is 5.57 Å². The van der Waals surface area contributed by atoms with Crippen molar-refractivity contribution in [2.45, 2.75) is 58.2 Å². The van der Waals surface area contributed by atoms with Crippen molar-refractivity contribution in [2.24, 2.45) is 0 Å². The molecule has 0 spiro atoms. The van der Waals surface area contributed by atoms with Gasteiger partial charge in [-0.1, -0.05) is 67.3 Å². The Balaban J connectivity index is 1.77. The zero-order valence-electron chi connectivity index (χ0n) is 17.8. The maximum Gasteiger partial charge on any atom is 0.315 e. The van der Waals surface area contributed by atoms with Crippen molar-refractivity contribution >= 4 is 11.6 Å². The molecule has 0 radical (unpaired) electrons. The Bertz CT molecular complexity index is 755. The van der Waals surface area contributed by atoms with Gasteiger partial charge < -0.3 is 16.0 Å². The van der Waals surface area contributed by atoms with Gasteiger partial charge in [-0.25, -0.2) is 4.79 Å². The fourth-order valence-corrected chi connectivity index (χ4v) is 3.75. The van der Waals surface area contributed by atoms with Crippen molar-refractivity contribution in [3.63, 3.8) is 0 Å². The Hall–Kier alpha value is -2.59. The molecule has 0 atom stereocenters. The molecule has 0 aliphatic heterocycles. The lowest BCUT2D eigenvalue weighted by Gasteiger charge is -2.30. The van der Waals surface area contributed by atoms with Crippen molar-refractivity contribution in [2.75, 3.05) is 6.54 Å². The molecule has 1 saturated carbocycles. The minimum absolute atomic E-state index is 0.0875. The number of hydrogen-bond donors (Lipinski definition) is 3. The van der Waals surface area contributed by atoms with E-state index in [0.29, 0.717) is 12.6 Å². The molecule has 1 aromatic rings. The average molecular weight is 394 g/mol. The first-order valence-corrected chi connectivity index (χ1v) is 10.5. The molecule has 4 nitrogen and oxygen atoms in total. The summed E-state index contributed by atoms with van der Waals surface area (Å²) >= 11 is 0. The fraction of sp³-hybridized carbons (Fsp3) is 0.400. The number of urea groups is 1. The van der Waals surface area contributed by atoms with Crippen molar-refractivity contribution in [3.05, 3.63) is 78.4 Å². The summed E-state index contributed by atoms with van der Waals surface area (Å²) in [6.07, 6.45) is 11.8. The molecular weight excluding hydrogens is 358 g/mol. The minimum Gasteiger partial charge on any atom is -0.335 e. The molecule has 0 aromatic heterocycles. The van der Waals surface area contributed by atoms with Crippen LogP contribution in [0, 0.1) is 0 Å². The molecule has 29 heavy (non-hydrogen) atoms. The van der Waals surface area contributed by atoms with Crippen LogP contribution in [0.2, 0.25) is 0 Å². The van der Waals surface area contributed by atoms with Gasteiger partial charge in [-0.2, -0.15) is 0 Å². The van der Waals surface area contributed by atoms with Gasteiger partial charge in [0.15, 0.2) is 0 Å². The van der Waals surface area contributed by atoms with E-state index in [4.69, 9.17) is 0 Å². The van der Waals surface area contributed by atoms with Crippen LogP contribution in [-0.2, 0) is 6.54 Å². The molecule has 1 aliphatic carbocycles. The molecule has 1 aliphatic rings. The van der Waals surface area contributed by atoms with Gasteiger partial charge in [-0.15, -0.1) is 0 Å². The van der Waals surface area contributed by atoms with Gasteiger partial charge in [0.05, 0.1) is 0 Å². The highest BCUT2D eigenvalue weighted by atomic mass is 16.2. The number of benzene rings is 1. The first-order valence-electron chi connectivity index (χ1n) is 10.5. The molecule has 0 bridgehead atoms. The van der Waals surface area contributed by atoms with E-state index in [1.807, 2.05) is 26.0 Å². The minimum atomic E-state index is -0.0875. The predicted molar refractivity (Wildman–Crippen MR) is 124 cm³/mol. The van der Waals surface area contributed by atoms with Crippen LogP contribution in [0.15, 0.2) is 67.3 Å². The molecular formula is C25H35N3O. The number of hydrogen-bond acceptors (Lipinski definition) is 2. The normalized spacial score (nSPS) is 20.1. The monoisotopic (exact) mass is 393 g/mol. The molecule has 3 N–H and O–H groups in total. The Morgan fingerprint density at radius 1 is 1.14 bits per heavy atom. The highest BCUT2D eigenvalue weighted by Gasteiger charge is 2.22. The van der Waals surface area contributed by atoms with Crippen LogP contribution in [0.5, 0.6) is 0 Å². The van der Waals surface area contributed by atoms with E-state index < -0.39 is 0 Å². The van der Waals surface area contributed by atoms with Gasteiger partial charge in [0, 0.05) is 25.2 Å². The average Bonchev–Trinajstić information content (AvgIpc) is 2.74. The number of nitrogens with one attached hydrogen (secondary N) is 3. The molecule has 2 amide bonds. The van der Waals surface area contributed by atoms with E-state index in [9.17, 15) is 4.79 Å². The van der Waals surface area contributed by atoms with E-state index in [1.165, 1.54) is 16.7 Å². The van der Waals surface area contributed by atoms with Gasteiger partial charge in [-0.05, 0) is 56.2 Å². The van der Waals surface area contributed by atoms with Crippen molar-refractivity contribution in [3.8, 4) is 0 Å². The van der Waals surface area contributed by atoms with Crippen LogP contribution < -0.4 is 16.0 Å². The summed E-state index contributed by atoms with van der Waals surface area (Å²) in [6, 6.07) is 9.13. The summed E-state index contributed by atoms with van der Waals surface area (Å²) in [6.45, 7) is 13.0. The van der Waals surface area contributed by atoms with Crippen LogP contribution in [-0.4, -0.2) is 24.7 Å². The summed E-state index contributed by atoms with van der Waals surface area (Å²) in [5.74, 6) is 0. The zero-order valence-corrected chi connectivity index (χ0v) is 17.8. The Morgan fingerprint density at radius 2 is 1.83 bits per heavy atom. The van der Waals surface area contributed by atoms with E-state index in [1.54, 1.807) is 6.08 Å². The third kappa shape index (κ3) is 7.39. The molecule has 0 saturated heterocycles. The van der Waals surface area contributed by atoms with Gasteiger partial charge in [0.1, 0.15) is 0 Å². The van der Waals surface area contributed by atoms with Crippen LogP contribution in [0.1, 0.15) is 50.7 Å². The molecule has 0 unspecified atom stereocenters. The van der Waals surface area contributed by atoms with Crippen molar-refractivity contribution in [1.29, 1.82) is 0 Å². The van der Waals surface area contributed by atoms with Crippen LogP contribution in [0.4, 0.5) is 4.79 Å². The van der Waals surface area contributed by atoms with Gasteiger partial charge >= 0.3 is 6.03 Å². The Kier molecular flexibility index (Phi) is 9.45. The third-order valence-electron chi connectivity index (χ3n) is 5.43. The molecule has 1 fully saturated rings. The maximum atomic E-state index is 12.1. The number of carbonyl (C=O) groups excluding carboxylic acids is 1. The van der Waals surface area contributed by atoms with E-state index >= 15 is 0 Å². The standard InChI is InChI=1S/C25H35N3O/c1-5-10-19(4)17-27-25(29)28-23-15-13-22(14-16-23)26-18-21-11-8-9-12-24(21)20(6-2)7-3/h5-12,22-23,26H,1-2,13-18H2,3-4H3,(H2,27,28,29). The summed E-state index contributed by atoms with van der Waals surface area (Å²) < 4.78 is 0.